The standard InChI is InChI=1S/C7H10N2O3S2/c1-4(10)9-5-2-14(11,12)3-6(5)13-7(9)8/h5-6,8H,2-3H2,1H3/t5-,6+/m0/s1. The zero-order chi connectivity index (χ0) is 10.5. The molecule has 5 nitrogen and oxygen atoms in total. The molecule has 1 N–H and O–H groups in total. The van der Waals surface area contributed by atoms with E-state index in [-0.39, 0.29) is 33.9 Å². The number of rotatable bonds is 0. The Hall–Kier alpha value is -0.560. The first-order chi connectivity index (χ1) is 6.41. The molecule has 0 spiro atoms. The number of sulfone groups is 1. The van der Waals surface area contributed by atoms with Crippen molar-refractivity contribution in [3.63, 3.8) is 0 Å². The molecule has 0 radical (unpaired) electrons. The van der Waals surface area contributed by atoms with Gasteiger partial charge >= 0.3 is 0 Å². The van der Waals surface area contributed by atoms with Crippen LogP contribution in [0.25, 0.3) is 0 Å². The first-order valence-electron chi connectivity index (χ1n) is 4.16. The number of amidine groups is 1. The smallest absolute Gasteiger partial charge is 0.225 e. The third kappa shape index (κ3) is 1.44. The molecule has 2 saturated heterocycles. The molecule has 7 heteroatoms. The van der Waals surface area contributed by atoms with Crippen molar-refractivity contribution in [2.24, 2.45) is 0 Å². The van der Waals surface area contributed by atoms with Gasteiger partial charge in [0.2, 0.25) is 5.91 Å². The molecule has 2 fully saturated rings. The molecule has 0 bridgehead atoms. The maximum atomic E-state index is 11.3. The van der Waals surface area contributed by atoms with Gasteiger partial charge < -0.3 is 0 Å². The highest BCUT2D eigenvalue weighted by Gasteiger charge is 2.49. The largest absolute Gasteiger partial charge is 0.287 e. The Morgan fingerprint density at radius 3 is 2.79 bits per heavy atom. The molecular formula is C7H10N2O3S2. The van der Waals surface area contributed by atoms with E-state index in [1.165, 1.54) is 23.6 Å². The first kappa shape index (κ1) is 9.97. The molecule has 0 aliphatic carbocycles. The summed E-state index contributed by atoms with van der Waals surface area (Å²) in [5.74, 6) is -0.145. The highest BCUT2D eigenvalue weighted by molar-refractivity contribution is 8.15. The molecule has 0 aromatic carbocycles. The summed E-state index contributed by atoms with van der Waals surface area (Å²) in [5, 5.41) is 7.59. The molecule has 0 aromatic heterocycles. The number of fused-ring (bicyclic) bond motifs is 1. The Morgan fingerprint density at radius 1 is 1.57 bits per heavy atom. The highest BCUT2D eigenvalue weighted by atomic mass is 32.2. The third-order valence-electron chi connectivity index (χ3n) is 2.42. The number of amides is 1. The van der Waals surface area contributed by atoms with E-state index in [0.29, 0.717) is 0 Å². The Labute approximate surface area is 86.3 Å². The van der Waals surface area contributed by atoms with Gasteiger partial charge in [-0.3, -0.25) is 15.1 Å². The maximum absolute atomic E-state index is 11.3. The van der Waals surface area contributed by atoms with E-state index < -0.39 is 9.84 Å². The summed E-state index contributed by atoms with van der Waals surface area (Å²) < 4.78 is 22.6. The summed E-state index contributed by atoms with van der Waals surface area (Å²) in [6.45, 7) is 1.36. The van der Waals surface area contributed by atoms with Crippen LogP contribution in [0, 0.1) is 5.41 Å². The second-order valence-electron chi connectivity index (χ2n) is 3.49. The Morgan fingerprint density at radius 2 is 2.21 bits per heavy atom. The first-order valence-corrected chi connectivity index (χ1v) is 6.86. The van der Waals surface area contributed by atoms with Crippen LogP contribution in [0.3, 0.4) is 0 Å². The number of carbonyl (C=O) groups excluding carboxylic acids is 1. The van der Waals surface area contributed by atoms with Gasteiger partial charge in [0.05, 0.1) is 17.5 Å². The lowest BCUT2D eigenvalue weighted by Crippen LogP contribution is -2.40. The van der Waals surface area contributed by atoms with E-state index in [1.807, 2.05) is 0 Å². The van der Waals surface area contributed by atoms with Crippen LogP contribution >= 0.6 is 11.8 Å². The molecule has 2 heterocycles. The van der Waals surface area contributed by atoms with Crippen LogP contribution in [-0.4, -0.2) is 47.2 Å². The molecule has 0 unspecified atom stereocenters. The van der Waals surface area contributed by atoms with E-state index in [9.17, 15) is 13.2 Å². The van der Waals surface area contributed by atoms with Gasteiger partial charge in [-0.05, 0) is 0 Å². The monoisotopic (exact) mass is 234 g/mol. The van der Waals surface area contributed by atoms with Crippen molar-refractivity contribution in [1.82, 2.24) is 4.90 Å². The SMILES string of the molecule is CC(=O)N1C(=N)S[C@@H]2CS(=O)(=O)C[C@@H]21. The number of nitrogens with zero attached hydrogens (tertiary/aromatic N) is 1. The number of thioether (sulfide) groups is 1. The number of hydrogen-bond donors (Lipinski definition) is 1. The predicted molar refractivity (Wildman–Crippen MR) is 54.1 cm³/mol. The minimum Gasteiger partial charge on any atom is -0.287 e. The molecule has 1 amide bonds. The quantitative estimate of drug-likeness (QED) is 0.623. The lowest BCUT2D eigenvalue weighted by Gasteiger charge is -2.19. The van der Waals surface area contributed by atoms with Crippen molar-refractivity contribution in [2.45, 2.75) is 18.2 Å². The number of hydrogen-bond acceptors (Lipinski definition) is 5. The van der Waals surface area contributed by atoms with Crippen molar-refractivity contribution in [1.29, 1.82) is 5.41 Å². The van der Waals surface area contributed by atoms with Gasteiger partial charge in [-0.25, -0.2) is 8.42 Å². The van der Waals surface area contributed by atoms with Crippen molar-refractivity contribution >= 4 is 32.7 Å². The summed E-state index contributed by atoms with van der Waals surface area (Å²) in [6.07, 6.45) is 0. The molecule has 2 atom stereocenters. The number of nitrogens with one attached hydrogen (secondary N) is 1. The zero-order valence-electron chi connectivity index (χ0n) is 7.56. The molecule has 2 aliphatic rings. The molecular weight excluding hydrogens is 224 g/mol. The normalized spacial score (nSPS) is 34.6. The fraction of sp³-hybridized carbons (Fsp3) is 0.714. The van der Waals surface area contributed by atoms with Gasteiger partial charge in [-0.1, -0.05) is 11.8 Å². The van der Waals surface area contributed by atoms with Crippen LogP contribution in [-0.2, 0) is 14.6 Å². The molecule has 78 valence electrons. The van der Waals surface area contributed by atoms with Crippen LogP contribution < -0.4 is 0 Å². The van der Waals surface area contributed by atoms with E-state index >= 15 is 0 Å². The Balaban J connectivity index is 2.30. The molecule has 14 heavy (non-hydrogen) atoms. The topological polar surface area (TPSA) is 78.3 Å². The fourth-order valence-electron chi connectivity index (χ4n) is 1.88. The average Bonchev–Trinajstić information content (AvgIpc) is 2.37. The van der Waals surface area contributed by atoms with Crippen LogP contribution in [0.5, 0.6) is 0 Å². The molecule has 2 aliphatic heterocycles. The summed E-state index contributed by atoms with van der Waals surface area (Å²) in [6, 6.07) is -0.310. The van der Waals surface area contributed by atoms with Gasteiger partial charge in [0.15, 0.2) is 15.0 Å². The fourth-order valence-corrected chi connectivity index (χ4v) is 5.69. The van der Waals surface area contributed by atoms with E-state index in [0.717, 1.165) is 0 Å². The number of carbonyl (C=O) groups is 1. The van der Waals surface area contributed by atoms with Crippen molar-refractivity contribution < 1.29 is 13.2 Å². The van der Waals surface area contributed by atoms with Gasteiger partial charge in [0.1, 0.15) is 0 Å². The van der Waals surface area contributed by atoms with Crippen LogP contribution in [0.1, 0.15) is 6.92 Å². The van der Waals surface area contributed by atoms with Gasteiger partial charge in [0.25, 0.3) is 0 Å². The lowest BCUT2D eigenvalue weighted by molar-refractivity contribution is -0.125. The summed E-state index contributed by atoms with van der Waals surface area (Å²) >= 11 is 1.18. The zero-order valence-corrected chi connectivity index (χ0v) is 9.19. The van der Waals surface area contributed by atoms with Gasteiger partial charge in [-0.15, -0.1) is 0 Å². The minimum atomic E-state index is -3.01. The Bertz CT molecular complexity index is 403. The second kappa shape index (κ2) is 2.96. The van der Waals surface area contributed by atoms with Crippen molar-refractivity contribution in [3.8, 4) is 0 Å². The van der Waals surface area contributed by atoms with E-state index in [4.69, 9.17) is 5.41 Å². The highest BCUT2D eigenvalue weighted by Crippen LogP contribution is 2.37. The van der Waals surface area contributed by atoms with Gasteiger partial charge in [-0.2, -0.15) is 0 Å². The molecule has 2 rings (SSSR count). The maximum Gasteiger partial charge on any atom is 0.225 e. The third-order valence-corrected chi connectivity index (χ3v) is 5.56. The van der Waals surface area contributed by atoms with Crippen LogP contribution in [0.4, 0.5) is 0 Å². The van der Waals surface area contributed by atoms with E-state index in [1.54, 1.807) is 0 Å². The molecule has 0 saturated carbocycles. The van der Waals surface area contributed by atoms with Crippen LogP contribution in [0.15, 0.2) is 0 Å². The van der Waals surface area contributed by atoms with Crippen molar-refractivity contribution in [3.05, 3.63) is 0 Å². The average molecular weight is 234 g/mol. The van der Waals surface area contributed by atoms with E-state index in [2.05, 4.69) is 0 Å². The summed E-state index contributed by atoms with van der Waals surface area (Å²) in [4.78, 5) is 12.5. The van der Waals surface area contributed by atoms with Crippen molar-refractivity contribution in [2.75, 3.05) is 11.5 Å². The lowest BCUT2D eigenvalue weighted by atomic mass is 10.2. The molecule has 0 aromatic rings. The minimum absolute atomic E-state index is 0.00657. The second-order valence-corrected chi connectivity index (χ2v) is 6.88. The van der Waals surface area contributed by atoms with Crippen LogP contribution in [0.2, 0.25) is 0 Å². The van der Waals surface area contributed by atoms with Gasteiger partial charge in [0, 0.05) is 12.2 Å². The predicted octanol–water partition coefficient (Wildman–Crippen LogP) is -0.318. The summed E-state index contributed by atoms with van der Waals surface area (Å²) in [7, 11) is -3.01. The Kier molecular flexibility index (Phi) is 2.11. The summed E-state index contributed by atoms with van der Waals surface area (Å²) in [5.41, 5.74) is 0.